The maximum Gasteiger partial charge on any atom is 0.320 e. The van der Waals surface area contributed by atoms with Crippen LogP contribution in [0.15, 0.2) is 0 Å². The summed E-state index contributed by atoms with van der Waals surface area (Å²) in [6.45, 7) is 0.659. The highest BCUT2D eigenvalue weighted by Crippen LogP contribution is 2.01. The van der Waals surface area contributed by atoms with Gasteiger partial charge in [0.2, 0.25) is 0 Å². The highest BCUT2D eigenvalue weighted by molar-refractivity contribution is 9.10. The van der Waals surface area contributed by atoms with Gasteiger partial charge in [-0.15, -0.1) is 17.0 Å². The van der Waals surface area contributed by atoms with Crippen LogP contribution in [-0.4, -0.2) is 43.4 Å². The number of rotatable bonds is 3. The van der Waals surface area contributed by atoms with E-state index in [0.717, 1.165) is 0 Å². The molecule has 0 heterocycles. The molecule has 0 bridgehead atoms. The third-order valence-corrected chi connectivity index (χ3v) is 1.65. The Morgan fingerprint density at radius 2 is 2.09 bits per heavy atom. The fourth-order valence-electron chi connectivity index (χ4n) is 0.523. The standard InChI is InChI=1S/C6H12BrNO2.BrH/c1-8(2)4-5(7)6(9)10-3;/h5H,4H2,1-3H3;1H. The lowest BCUT2D eigenvalue weighted by atomic mass is 10.4. The van der Waals surface area contributed by atoms with Gasteiger partial charge in [-0.2, -0.15) is 0 Å². The Labute approximate surface area is 86.0 Å². The Morgan fingerprint density at radius 3 is 2.36 bits per heavy atom. The van der Waals surface area contributed by atoms with Crippen LogP contribution < -0.4 is 0 Å². The third kappa shape index (κ3) is 6.77. The smallest absolute Gasteiger partial charge is 0.320 e. The molecular formula is C6H13Br2NO2. The second-order valence-electron chi connectivity index (χ2n) is 2.25. The lowest BCUT2D eigenvalue weighted by molar-refractivity contribution is -0.140. The summed E-state index contributed by atoms with van der Waals surface area (Å²) >= 11 is 3.19. The van der Waals surface area contributed by atoms with E-state index in [1.54, 1.807) is 0 Å². The Morgan fingerprint density at radius 1 is 1.64 bits per heavy atom. The van der Waals surface area contributed by atoms with Gasteiger partial charge in [0.1, 0.15) is 4.83 Å². The number of methoxy groups -OCH3 is 1. The van der Waals surface area contributed by atoms with Crippen LogP contribution >= 0.6 is 32.9 Å². The van der Waals surface area contributed by atoms with Crippen molar-refractivity contribution in [1.82, 2.24) is 4.90 Å². The predicted molar refractivity (Wildman–Crippen MR) is 53.6 cm³/mol. The first kappa shape index (κ1) is 13.9. The van der Waals surface area contributed by atoms with E-state index in [1.165, 1.54) is 7.11 Å². The van der Waals surface area contributed by atoms with Gasteiger partial charge < -0.3 is 9.64 Å². The molecule has 0 rings (SSSR count). The van der Waals surface area contributed by atoms with Gasteiger partial charge in [0.15, 0.2) is 0 Å². The Kier molecular flexibility index (Phi) is 8.95. The molecule has 0 aliphatic carbocycles. The Balaban J connectivity index is 0. The molecule has 0 saturated heterocycles. The fourth-order valence-corrected chi connectivity index (χ4v) is 1.29. The third-order valence-electron chi connectivity index (χ3n) is 0.982. The van der Waals surface area contributed by atoms with Crippen molar-refractivity contribution >= 4 is 38.9 Å². The maximum atomic E-state index is 10.8. The van der Waals surface area contributed by atoms with Gasteiger partial charge in [0, 0.05) is 6.54 Å². The summed E-state index contributed by atoms with van der Waals surface area (Å²) in [6, 6.07) is 0. The Hall–Kier alpha value is 0.390. The summed E-state index contributed by atoms with van der Waals surface area (Å²) in [4.78, 5) is 12.4. The zero-order valence-electron chi connectivity index (χ0n) is 6.83. The summed E-state index contributed by atoms with van der Waals surface area (Å²) in [5.74, 6) is -0.228. The molecule has 0 aromatic carbocycles. The molecule has 0 fully saturated rings. The first-order valence-corrected chi connectivity index (χ1v) is 3.86. The van der Waals surface area contributed by atoms with Crippen LogP contribution in [0.4, 0.5) is 0 Å². The molecule has 0 aliphatic rings. The number of hydrogen-bond donors (Lipinski definition) is 0. The monoisotopic (exact) mass is 289 g/mol. The van der Waals surface area contributed by atoms with Crippen molar-refractivity contribution < 1.29 is 9.53 Å². The van der Waals surface area contributed by atoms with Crippen LogP contribution in [0.5, 0.6) is 0 Å². The van der Waals surface area contributed by atoms with Gasteiger partial charge >= 0.3 is 5.97 Å². The predicted octanol–water partition coefficient (Wildman–Crippen LogP) is 1.06. The van der Waals surface area contributed by atoms with Gasteiger partial charge in [-0.1, -0.05) is 15.9 Å². The molecule has 0 spiro atoms. The van der Waals surface area contributed by atoms with E-state index in [-0.39, 0.29) is 27.8 Å². The van der Waals surface area contributed by atoms with Crippen molar-refractivity contribution in [3.8, 4) is 0 Å². The van der Waals surface area contributed by atoms with Gasteiger partial charge in [0.25, 0.3) is 0 Å². The van der Waals surface area contributed by atoms with Gasteiger partial charge in [-0.05, 0) is 14.1 Å². The second kappa shape index (κ2) is 7.06. The zero-order chi connectivity index (χ0) is 8.15. The number of halogens is 2. The number of carbonyl (C=O) groups excluding carboxylic acids is 1. The van der Waals surface area contributed by atoms with E-state index in [2.05, 4.69) is 20.7 Å². The van der Waals surface area contributed by atoms with E-state index in [0.29, 0.717) is 6.54 Å². The van der Waals surface area contributed by atoms with Gasteiger partial charge in [-0.3, -0.25) is 4.79 Å². The average molecular weight is 291 g/mol. The molecular weight excluding hydrogens is 278 g/mol. The first-order valence-electron chi connectivity index (χ1n) is 2.94. The van der Waals surface area contributed by atoms with E-state index in [4.69, 9.17) is 0 Å². The zero-order valence-corrected chi connectivity index (χ0v) is 10.1. The molecule has 0 aromatic rings. The van der Waals surface area contributed by atoms with Crippen LogP contribution in [0.2, 0.25) is 0 Å². The molecule has 0 saturated carbocycles. The molecule has 0 radical (unpaired) electrons. The summed E-state index contributed by atoms with van der Waals surface area (Å²) in [5, 5.41) is 0. The average Bonchev–Trinajstić information content (AvgIpc) is 1.85. The topological polar surface area (TPSA) is 29.5 Å². The largest absolute Gasteiger partial charge is 0.468 e. The van der Waals surface area contributed by atoms with E-state index >= 15 is 0 Å². The quantitative estimate of drug-likeness (QED) is 0.575. The summed E-state index contributed by atoms with van der Waals surface area (Å²) < 4.78 is 4.50. The number of nitrogens with zero attached hydrogens (tertiary/aromatic N) is 1. The van der Waals surface area contributed by atoms with E-state index < -0.39 is 0 Å². The maximum absolute atomic E-state index is 10.8. The summed E-state index contributed by atoms with van der Waals surface area (Å²) in [6.07, 6.45) is 0. The van der Waals surface area contributed by atoms with Crippen LogP contribution in [0.25, 0.3) is 0 Å². The minimum absolute atomic E-state index is 0. The number of esters is 1. The molecule has 11 heavy (non-hydrogen) atoms. The van der Waals surface area contributed by atoms with Crippen molar-refractivity contribution in [2.75, 3.05) is 27.7 Å². The molecule has 3 nitrogen and oxygen atoms in total. The number of ether oxygens (including phenoxy) is 1. The SMILES string of the molecule is Br.COC(=O)C(Br)CN(C)C. The van der Waals surface area contributed by atoms with Crippen LogP contribution in [-0.2, 0) is 9.53 Å². The molecule has 5 heteroatoms. The summed E-state index contributed by atoms with van der Waals surface area (Å²) in [7, 11) is 5.18. The van der Waals surface area contributed by atoms with Crippen LogP contribution in [0, 0.1) is 0 Å². The number of carbonyl (C=O) groups is 1. The second-order valence-corrected chi connectivity index (χ2v) is 3.36. The highest BCUT2D eigenvalue weighted by Gasteiger charge is 2.14. The molecule has 0 amide bonds. The normalized spacial score (nSPS) is 12.1. The molecule has 1 unspecified atom stereocenters. The van der Waals surface area contributed by atoms with Crippen molar-refractivity contribution in [2.45, 2.75) is 4.83 Å². The Bertz CT molecular complexity index is 119. The lowest BCUT2D eigenvalue weighted by Gasteiger charge is -2.12. The first-order chi connectivity index (χ1) is 4.57. The minimum atomic E-state index is -0.228. The number of alkyl halides is 1. The van der Waals surface area contributed by atoms with Gasteiger partial charge in [0.05, 0.1) is 7.11 Å². The lowest BCUT2D eigenvalue weighted by Crippen LogP contribution is -2.28. The van der Waals surface area contributed by atoms with Crippen molar-refractivity contribution in [2.24, 2.45) is 0 Å². The van der Waals surface area contributed by atoms with Crippen LogP contribution in [0.1, 0.15) is 0 Å². The van der Waals surface area contributed by atoms with Crippen molar-refractivity contribution in [3.05, 3.63) is 0 Å². The van der Waals surface area contributed by atoms with Crippen molar-refractivity contribution in [1.29, 1.82) is 0 Å². The number of hydrogen-bond acceptors (Lipinski definition) is 3. The van der Waals surface area contributed by atoms with E-state index in [9.17, 15) is 4.79 Å². The molecule has 0 aromatic heterocycles. The van der Waals surface area contributed by atoms with Crippen LogP contribution in [0.3, 0.4) is 0 Å². The fraction of sp³-hybridized carbons (Fsp3) is 0.833. The van der Waals surface area contributed by atoms with Gasteiger partial charge in [-0.25, -0.2) is 0 Å². The molecule has 0 aliphatic heterocycles. The minimum Gasteiger partial charge on any atom is -0.468 e. The summed E-state index contributed by atoms with van der Waals surface area (Å²) in [5.41, 5.74) is 0. The molecule has 1 atom stereocenters. The van der Waals surface area contributed by atoms with E-state index in [1.807, 2.05) is 19.0 Å². The van der Waals surface area contributed by atoms with Crippen molar-refractivity contribution in [3.63, 3.8) is 0 Å². The highest BCUT2D eigenvalue weighted by atomic mass is 79.9. The molecule has 68 valence electrons. The molecule has 0 N–H and O–H groups in total.